The van der Waals surface area contributed by atoms with Crippen LogP contribution < -0.4 is 19.3 Å². The van der Waals surface area contributed by atoms with Crippen LogP contribution in [0.25, 0.3) is 0 Å². The molecular formula is C21H26ClN3O2. The van der Waals surface area contributed by atoms with Crippen molar-refractivity contribution in [3.8, 4) is 11.6 Å². The number of methoxy groups -OCH3 is 1. The molecule has 3 heterocycles. The van der Waals surface area contributed by atoms with E-state index in [1.54, 1.807) is 13.3 Å². The van der Waals surface area contributed by atoms with Gasteiger partial charge in [-0.25, -0.2) is 4.98 Å². The first-order valence-corrected chi connectivity index (χ1v) is 10.1. The van der Waals surface area contributed by atoms with Crippen molar-refractivity contribution < 1.29 is 9.47 Å². The van der Waals surface area contributed by atoms with E-state index in [9.17, 15) is 0 Å². The maximum atomic E-state index is 6.33. The molecule has 0 atom stereocenters. The zero-order valence-electron chi connectivity index (χ0n) is 15.7. The third-order valence-corrected chi connectivity index (χ3v) is 5.70. The van der Waals surface area contributed by atoms with E-state index in [1.165, 1.54) is 31.6 Å². The maximum Gasteiger partial charge on any atom is 0.215 e. The molecule has 0 spiro atoms. The number of halogens is 1. The van der Waals surface area contributed by atoms with Crippen LogP contribution >= 0.6 is 11.6 Å². The van der Waals surface area contributed by atoms with Gasteiger partial charge in [0, 0.05) is 50.8 Å². The second-order valence-corrected chi connectivity index (χ2v) is 7.58. The minimum absolute atomic E-state index is 0.237. The number of benzene rings is 1. The van der Waals surface area contributed by atoms with Crippen molar-refractivity contribution in [2.45, 2.75) is 31.8 Å². The van der Waals surface area contributed by atoms with Gasteiger partial charge in [-0.05, 0) is 37.1 Å². The Bertz CT molecular complexity index is 755. The van der Waals surface area contributed by atoms with Crippen molar-refractivity contribution in [3.05, 3.63) is 41.6 Å². The van der Waals surface area contributed by atoms with Crippen LogP contribution in [0, 0.1) is 0 Å². The Morgan fingerprint density at radius 3 is 2.37 bits per heavy atom. The summed E-state index contributed by atoms with van der Waals surface area (Å²) in [6, 6.07) is 10.5. The Balaban J connectivity index is 1.33. The average Bonchev–Trinajstić information content (AvgIpc) is 3.25. The third-order valence-electron chi connectivity index (χ3n) is 5.41. The van der Waals surface area contributed by atoms with Gasteiger partial charge >= 0.3 is 0 Å². The third kappa shape index (κ3) is 4.24. The first-order chi connectivity index (χ1) is 13.2. The second kappa shape index (κ2) is 8.26. The summed E-state index contributed by atoms with van der Waals surface area (Å²) in [4.78, 5) is 8.87. The van der Waals surface area contributed by atoms with Crippen molar-refractivity contribution in [3.63, 3.8) is 0 Å². The lowest BCUT2D eigenvalue weighted by atomic mass is 10.1. The van der Waals surface area contributed by atoms with Gasteiger partial charge in [-0.15, -0.1) is 0 Å². The van der Waals surface area contributed by atoms with Crippen LogP contribution in [-0.2, 0) is 0 Å². The molecule has 1 aromatic heterocycles. The summed E-state index contributed by atoms with van der Waals surface area (Å²) in [6.07, 6.45) is 6.42. The molecule has 2 aliphatic heterocycles. The fraction of sp³-hybridized carbons (Fsp3) is 0.476. The van der Waals surface area contributed by atoms with Crippen molar-refractivity contribution in [2.75, 3.05) is 43.1 Å². The topological polar surface area (TPSA) is 37.8 Å². The van der Waals surface area contributed by atoms with Gasteiger partial charge in [0.25, 0.3) is 0 Å². The number of piperidine rings is 1. The molecule has 4 rings (SSSR count). The van der Waals surface area contributed by atoms with Gasteiger partial charge in [0.05, 0.1) is 24.0 Å². The molecule has 0 bridgehead atoms. The Hall–Kier alpha value is -2.14. The summed E-state index contributed by atoms with van der Waals surface area (Å²) in [5, 5.41) is 0.660. The largest absolute Gasteiger partial charge is 0.490 e. The van der Waals surface area contributed by atoms with Gasteiger partial charge in [0.15, 0.2) is 0 Å². The quantitative estimate of drug-likeness (QED) is 0.760. The number of hydrogen-bond acceptors (Lipinski definition) is 5. The zero-order valence-corrected chi connectivity index (χ0v) is 16.5. The predicted molar refractivity (Wildman–Crippen MR) is 110 cm³/mol. The maximum absolute atomic E-state index is 6.33. The molecule has 0 saturated carbocycles. The molecule has 2 fully saturated rings. The standard InChI is InChI=1S/C21H26ClN3O2/c1-26-21-14-20(19(22)15-23-21)25-12-8-18(9-13-25)27-17-6-4-16(5-7-17)24-10-2-3-11-24/h4-7,14-15,18H,2-3,8-13H2,1H3. The molecule has 1 aromatic carbocycles. The van der Waals surface area contributed by atoms with Crippen molar-refractivity contribution in [2.24, 2.45) is 0 Å². The van der Waals surface area contributed by atoms with Gasteiger partial charge in [-0.2, -0.15) is 0 Å². The molecule has 0 N–H and O–H groups in total. The predicted octanol–water partition coefficient (Wildman–Crippen LogP) is 4.39. The van der Waals surface area contributed by atoms with E-state index in [0.29, 0.717) is 10.9 Å². The SMILES string of the molecule is COc1cc(N2CCC(Oc3ccc(N4CCCC4)cc3)CC2)c(Cl)cn1. The van der Waals surface area contributed by atoms with E-state index < -0.39 is 0 Å². The van der Waals surface area contributed by atoms with E-state index >= 15 is 0 Å². The number of pyridine rings is 1. The van der Waals surface area contributed by atoms with E-state index in [0.717, 1.165) is 37.4 Å². The monoisotopic (exact) mass is 387 g/mol. The minimum atomic E-state index is 0.237. The van der Waals surface area contributed by atoms with Crippen molar-refractivity contribution in [1.82, 2.24) is 4.98 Å². The highest BCUT2D eigenvalue weighted by Gasteiger charge is 2.23. The molecule has 2 aromatic rings. The molecular weight excluding hydrogens is 362 g/mol. The molecule has 144 valence electrons. The van der Waals surface area contributed by atoms with Gasteiger partial charge in [-0.3, -0.25) is 0 Å². The normalized spacial score (nSPS) is 18.0. The minimum Gasteiger partial charge on any atom is -0.490 e. The second-order valence-electron chi connectivity index (χ2n) is 7.17. The highest BCUT2D eigenvalue weighted by atomic mass is 35.5. The Kier molecular flexibility index (Phi) is 5.58. The van der Waals surface area contributed by atoms with Crippen molar-refractivity contribution in [1.29, 1.82) is 0 Å². The summed E-state index contributed by atoms with van der Waals surface area (Å²) < 4.78 is 11.4. The number of anilines is 2. The summed E-state index contributed by atoms with van der Waals surface area (Å²) in [5.74, 6) is 1.55. The van der Waals surface area contributed by atoms with E-state index in [2.05, 4.69) is 39.0 Å². The van der Waals surface area contributed by atoms with Crippen LogP contribution in [0.15, 0.2) is 36.5 Å². The van der Waals surface area contributed by atoms with Gasteiger partial charge in [-0.1, -0.05) is 11.6 Å². The number of aromatic nitrogens is 1. The summed E-state index contributed by atoms with van der Waals surface area (Å²) in [6.45, 7) is 4.15. The zero-order chi connectivity index (χ0) is 18.6. The Labute approximate surface area is 165 Å². The molecule has 5 nitrogen and oxygen atoms in total. The molecule has 0 amide bonds. The van der Waals surface area contributed by atoms with Crippen LogP contribution in [0.5, 0.6) is 11.6 Å². The smallest absolute Gasteiger partial charge is 0.215 e. The fourth-order valence-corrected chi connectivity index (χ4v) is 4.10. The number of hydrogen-bond donors (Lipinski definition) is 0. The Morgan fingerprint density at radius 2 is 1.70 bits per heavy atom. The fourth-order valence-electron chi connectivity index (χ4n) is 3.88. The number of ether oxygens (including phenoxy) is 2. The van der Waals surface area contributed by atoms with Crippen LogP contribution in [0.3, 0.4) is 0 Å². The summed E-state index contributed by atoms with van der Waals surface area (Å²) in [7, 11) is 1.62. The summed E-state index contributed by atoms with van der Waals surface area (Å²) >= 11 is 6.33. The highest BCUT2D eigenvalue weighted by molar-refractivity contribution is 6.33. The van der Waals surface area contributed by atoms with Crippen LogP contribution in [0.4, 0.5) is 11.4 Å². The lowest BCUT2D eigenvalue weighted by Gasteiger charge is -2.34. The van der Waals surface area contributed by atoms with Gasteiger partial charge in [0.1, 0.15) is 11.9 Å². The molecule has 6 heteroatoms. The lowest BCUT2D eigenvalue weighted by Crippen LogP contribution is -2.38. The molecule has 0 unspecified atom stereocenters. The van der Waals surface area contributed by atoms with E-state index in [1.807, 2.05) is 6.07 Å². The van der Waals surface area contributed by atoms with E-state index in [-0.39, 0.29) is 6.10 Å². The first-order valence-electron chi connectivity index (χ1n) is 9.69. The van der Waals surface area contributed by atoms with Gasteiger partial charge < -0.3 is 19.3 Å². The molecule has 0 radical (unpaired) electrons. The number of rotatable bonds is 5. The average molecular weight is 388 g/mol. The molecule has 2 aliphatic rings. The Morgan fingerprint density at radius 1 is 1.00 bits per heavy atom. The molecule has 27 heavy (non-hydrogen) atoms. The number of nitrogens with zero attached hydrogens (tertiary/aromatic N) is 3. The van der Waals surface area contributed by atoms with E-state index in [4.69, 9.17) is 21.1 Å². The molecule has 2 saturated heterocycles. The van der Waals surface area contributed by atoms with Crippen LogP contribution in [0.1, 0.15) is 25.7 Å². The van der Waals surface area contributed by atoms with Crippen LogP contribution in [0.2, 0.25) is 5.02 Å². The molecule has 0 aliphatic carbocycles. The first kappa shape index (κ1) is 18.2. The lowest BCUT2D eigenvalue weighted by molar-refractivity contribution is 0.171. The van der Waals surface area contributed by atoms with Crippen LogP contribution in [-0.4, -0.2) is 44.4 Å². The summed E-state index contributed by atoms with van der Waals surface area (Å²) in [5.41, 5.74) is 2.29. The van der Waals surface area contributed by atoms with Gasteiger partial charge in [0.2, 0.25) is 5.88 Å². The highest BCUT2D eigenvalue weighted by Crippen LogP contribution is 2.31. The van der Waals surface area contributed by atoms with Crippen molar-refractivity contribution >= 4 is 23.0 Å².